The maximum Gasteiger partial charge on any atom is 0.178 e. The van der Waals surface area contributed by atoms with Gasteiger partial charge >= 0.3 is 0 Å². The second-order valence-electron chi connectivity index (χ2n) is 6.35. The van der Waals surface area contributed by atoms with Crippen LogP contribution in [-0.4, -0.2) is 32.1 Å². The van der Waals surface area contributed by atoms with E-state index in [1.54, 1.807) is 6.33 Å². The van der Waals surface area contributed by atoms with Gasteiger partial charge in [-0.25, -0.2) is 15.0 Å². The van der Waals surface area contributed by atoms with Crippen LogP contribution in [0.15, 0.2) is 18.7 Å². The first-order chi connectivity index (χ1) is 10.3. The van der Waals surface area contributed by atoms with Gasteiger partial charge in [0.15, 0.2) is 5.82 Å². The fraction of sp³-hybridized carbons (Fsp3) is 0.562. The number of nitrogens with zero attached hydrogens (tertiary/aromatic N) is 4. The minimum atomic E-state index is 0.740. The normalized spacial score (nSPS) is 21.3. The third kappa shape index (κ3) is 2.70. The largest absolute Gasteiger partial charge is 0.331 e. The highest BCUT2D eigenvalue weighted by atomic mass is 15.1. The quantitative estimate of drug-likeness (QED) is 0.928. The molecule has 5 heteroatoms. The molecule has 0 aliphatic heterocycles. The highest BCUT2D eigenvalue weighted by molar-refractivity contribution is 5.49. The van der Waals surface area contributed by atoms with E-state index in [4.69, 9.17) is 4.98 Å². The molecule has 4 rings (SSSR count). The van der Waals surface area contributed by atoms with Gasteiger partial charge in [0.2, 0.25) is 0 Å². The lowest BCUT2D eigenvalue weighted by molar-refractivity contribution is 0.418. The Morgan fingerprint density at radius 1 is 1.29 bits per heavy atom. The van der Waals surface area contributed by atoms with Crippen molar-refractivity contribution in [3.05, 3.63) is 30.0 Å². The number of imidazole rings is 1. The fourth-order valence-electron chi connectivity index (χ4n) is 3.07. The third-order valence-electron chi connectivity index (χ3n) is 4.57. The molecule has 2 aromatic heterocycles. The molecule has 1 saturated carbocycles. The molecule has 0 radical (unpaired) electrons. The molecule has 0 spiro atoms. The Labute approximate surface area is 124 Å². The van der Waals surface area contributed by atoms with E-state index < -0.39 is 0 Å². The third-order valence-corrected chi connectivity index (χ3v) is 4.57. The Hall–Kier alpha value is -1.75. The molecule has 1 N–H and O–H groups in total. The predicted molar refractivity (Wildman–Crippen MR) is 80.8 cm³/mol. The molecular formula is C16H21N5. The van der Waals surface area contributed by atoms with Crippen LogP contribution in [0.2, 0.25) is 0 Å². The van der Waals surface area contributed by atoms with Crippen LogP contribution in [0.3, 0.4) is 0 Å². The summed E-state index contributed by atoms with van der Waals surface area (Å²) in [6, 6.07) is 0.801. The van der Waals surface area contributed by atoms with Gasteiger partial charge in [-0.3, -0.25) is 0 Å². The molecule has 0 bridgehead atoms. The SMILES string of the molecule is Cn1cncc1-c1ncc2c(n1)CCC(CNC1CC1)C2. The van der Waals surface area contributed by atoms with E-state index in [2.05, 4.69) is 15.3 Å². The zero-order valence-electron chi connectivity index (χ0n) is 12.4. The van der Waals surface area contributed by atoms with Crippen molar-refractivity contribution in [2.24, 2.45) is 13.0 Å². The van der Waals surface area contributed by atoms with Crippen molar-refractivity contribution in [1.29, 1.82) is 0 Å². The van der Waals surface area contributed by atoms with Gasteiger partial charge < -0.3 is 9.88 Å². The van der Waals surface area contributed by atoms with E-state index >= 15 is 0 Å². The van der Waals surface area contributed by atoms with Gasteiger partial charge in [-0.2, -0.15) is 0 Å². The van der Waals surface area contributed by atoms with E-state index in [0.29, 0.717) is 0 Å². The van der Waals surface area contributed by atoms with Gasteiger partial charge in [-0.1, -0.05) is 0 Å². The van der Waals surface area contributed by atoms with Crippen molar-refractivity contribution < 1.29 is 0 Å². The Bertz CT molecular complexity index is 644. The van der Waals surface area contributed by atoms with Crippen LogP contribution in [0.4, 0.5) is 0 Å². The summed E-state index contributed by atoms with van der Waals surface area (Å²) in [5, 5.41) is 3.65. The molecule has 1 fully saturated rings. The second kappa shape index (κ2) is 5.22. The van der Waals surface area contributed by atoms with Gasteiger partial charge in [-0.15, -0.1) is 0 Å². The monoisotopic (exact) mass is 283 g/mol. The summed E-state index contributed by atoms with van der Waals surface area (Å²) < 4.78 is 1.97. The Morgan fingerprint density at radius 3 is 2.95 bits per heavy atom. The number of rotatable bonds is 4. The van der Waals surface area contributed by atoms with Gasteiger partial charge in [0, 0.05) is 25.0 Å². The summed E-state index contributed by atoms with van der Waals surface area (Å²) in [4.78, 5) is 13.5. The number of hydrogen-bond donors (Lipinski definition) is 1. The summed E-state index contributed by atoms with van der Waals surface area (Å²) in [6.07, 6.45) is 11.8. The van der Waals surface area contributed by atoms with Crippen LogP contribution >= 0.6 is 0 Å². The van der Waals surface area contributed by atoms with Crippen molar-refractivity contribution >= 4 is 0 Å². The van der Waals surface area contributed by atoms with Gasteiger partial charge in [-0.05, 0) is 50.1 Å². The number of aryl methyl sites for hydroxylation is 2. The molecule has 2 aliphatic rings. The lowest BCUT2D eigenvalue weighted by Gasteiger charge is -2.24. The average Bonchev–Trinajstić information content (AvgIpc) is 3.24. The molecule has 110 valence electrons. The summed E-state index contributed by atoms with van der Waals surface area (Å²) >= 11 is 0. The van der Waals surface area contributed by atoms with E-state index in [9.17, 15) is 0 Å². The minimum Gasteiger partial charge on any atom is -0.331 e. The Balaban J connectivity index is 1.50. The number of aromatic nitrogens is 4. The van der Waals surface area contributed by atoms with Crippen molar-refractivity contribution in [3.8, 4) is 11.5 Å². The zero-order chi connectivity index (χ0) is 14.2. The van der Waals surface area contributed by atoms with Gasteiger partial charge in [0.1, 0.15) is 5.69 Å². The highest BCUT2D eigenvalue weighted by Crippen LogP contribution is 2.26. The Morgan fingerprint density at radius 2 is 2.19 bits per heavy atom. The van der Waals surface area contributed by atoms with Crippen molar-refractivity contribution in [2.75, 3.05) is 6.54 Å². The highest BCUT2D eigenvalue weighted by Gasteiger charge is 2.25. The number of hydrogen-bond acceptors (Lipinski definition) is 4. The van der Waals surface area contributed by atoms with Crippen molar-refractivity contribution in [1.82, 2.24) is 24.8 Å². The lowest BCUT2D eigenvalue weighted by Crippen LogP contribution is -2.29. The number of nitrogens with one attached hydrogen (secondary N) is 1. The molecule has 2 aromatic rings. The lowest BCUT2D eigenvalue weighted by atomic mass is 9.87. The van der Waals surface area contributed by atoms with E-state index in [0.717, 1.165) is 42.9 Å². The molecule has 1 atom stereocenters. The molecule has 0 aromatic carbocycles. The molecule has 1 unspecified atom stereocenters. The molecule has 2 heterocycles. The van der Waals surface area contributed by atoms with Gasteiger partial charge in [0.25, 0.3) is 0 Å². The van der Waals surface area contributed by atoms with E-state index in [1.165, 1.54) is 30.5 Å². The maximum atomic E-state index is 4.77. The Kier molecular flexibility index (Phi) is 3.22. The molecule has 0 saturated heterocycles. The minimum absolute atomic E-state index is 0.740. The summed E-state index contributed by atoms with van der Waals surface area (Å²) in [5.41, 5.74) is 3.54. The van der Waals surface area contributed by atoms with Crippen LogP contribution in [-0.2, 0) is 19.9 Å². The fourth-order valence-corrected chi connectivity index (χ4v) is 3.07. The topological polar surface area (TPSA) is 55.6 Å². The second-order valence-corrected chi connectivity index (χ2v) is 6.35. The standard InChI is InChI=1S/C16H21N5/c1-21-10-17-9-15(21)16-19-8-12-6-11(2-5-14(12)20-16)7-18-13-3-4-13/h8-11,13,18H,2-7H2,1H3. The maximum absolute atomic E-state index is 4.77. The summed E-state index contributed by atoms with van der Waals surface area (Å²) in [6.45, 7) is 1.15. The summed E-state index contributed by atoms with van der Waals surface area (Å²) in [7, 11) is 1.98. The molecule has 0 amide bonds. The van der Waals surface area contributed by atoms with Crippen LogP contribution in [0, 0.1) is 5.92 Å². The first-order valence-electron chi connectivity index (χ1n) is 7.84. The van der Waals surface area contributed by atoms with Crippen LogP contribution < -0.4 is 5.32 Å². The first kappa shape index (κ1) is 13.0. The van der Waals surface area contributed by atoms with Gasteiger partial charge in [0.05, 0.1) is 12.5 Å². The van der Waals surface area contributed by atoms with Crippen molar-refractivity contribution in [3.63, 3.8) is 0 Å². The molecule has 21 heavy (non-hydrogen) atoms. The van der Waals surface area contributed by atoms with E-state index in [1.807, 2.05) is 24.0 Å². The van der Waals surface area contributed by atoms with Crippen LogP contribution in [0.25, 0.3) is 11.5 Å². The number of fused-ring (bicyclic) bond motifs is 1. The predicted octanol–water partition coefficient (Wildman–Crippen LogP) is 1.73. The van der Waals surface area contributed by atoms with Crippen LogP contribution in [0.5, 0.6) is 0 Å². The smallest absolute Gasteiger partial charge is 0.178 e. The average molecular weight is 283 g/mol. The zero-order valence-corrected chi connectivity index (χ0v) is 12.4. The summed E-state index contributed by atoms with van der Waals surface area (Å²) in [5.74, 6) is 1.53. The van der Waals surface area contributed by atoms with E-state index in [-0.39, 0.29) is 0 Å². The van der Waals surface area contributed by atoms with Crippen LogP contribution in [0.1, 0.15) is 30.5 Å². The molecular weight excluding hydrogens is 262 g/mol. The molecule has 5 nitrogen and oxygen atoms in total. The van der Waals surface area contributed by atoms with Crippen molar-refractivity contribution in [2.45, 2.75) is 38.1 Å². The molecule has 2 aliphatic carbocycles. The first-order valence-corrected chi connectivity index (χ1v) is 7.84.